The second kappa shape index (κ2) is 7.12. The molecule has 0 saturated carbocycles. The zero-order chi connectivity index (χ0) is 14.4. The van der Waals surface area contributed by atoms with Crippen LogP contribution in [0, 0.1) is 0 Å². The lowest BCUT2D eigenvalue weighted by molar-refractivity contribution is 0.229. The molecule has 20 heavy (non-hydrogen) atoms. The first-order chi connectivity index (χ1) is 9.67. The molecule has 1 aromatic heterocycles. The summed E-state index contributed by atoms with van der Waals surface area (Å²) in [5.41, 5.74) is 7.97. The lowest BCUT2D eigenvalue weighted by Crippen LogP contribution is -2.23. The largest absolute Gasteiger partial charge is 0.489 e. The van der Waals surface area contributed by atoms with Crippen molar-refractivity contribution in [3.8, 4) is 5.75 Å². The van der Waals surface area contributed by atoms with E-state index in [-0.39, 0.29) is 6.10 Å². The van der Waals surface area contributed by atoms with Gasteiger partial charge in [-0.1, -0.05) is 12.1 Å². The van der Waals surface area contributed by atoms with Crippen molar-refractivity contribution in [3.63, 3.8) is 0 Å². The van der Waals surface area contributed by atoms with Crippen LogP contribution in [0.4, 0.5) is 0 Å². The topological polar surface area (TPSA) is 51.6 Å². The molecule has 0 saturated heterocycles. The van der Waals surface area contributed by atoms with Gasteiger partial charge in [0.15, 0.2) is 0 Å². The minimum Gasteiger partial charge on any atom is -0.489 e. The van der Waals surface area contributed by atoms with E-state index in [1.807, 2.05) is 25.1 Å². The number of nitrogens with zero attached hydrogens (tertiary/aromatic N) is 1. The fourth-order valence-corrected chi connectivity index (χ4v) is 2.06. The van der Waals surface area contributed by atoms with Crippen LogP contribution >= 0.6 is 0 Å². The first-order valence-electron chi connectivity index (χ1n) is 6.82. The Bertz CT molecular complexity index is 511. The molecule has 108 valence electrons. The van der Waals surface area contributed by atoms with Crippen LogP contribution in [-0.4, -0.2) is 24.6 Å². The second-order valence-electron chi connectivity index (χ2n) is 5.12. The Morgan fingerprint density at radius 2 is 2.05 bits per heavy atom. The minimum absolute atomic E-state index is 0.0360. The van der Waals surface area contributed by atoms with Gasteiger partial charge in [-0.15, -0.1) is 0 Å². The molecule has 4 heteroatoms. The number of rotatable bonds is 7. The van der Waals surface area contributed by atoms with Crippen LogP contribution in [0.5, 0.6) is 5.75 Å². The third kappa shape index (κ3) is 4.40. The van der Waals surface area contributed by atoms with Gasteiger partial charge in [-0.05, 0) is 37.7 Å². The van der Waals surface area contributed by atoms with Gasteiger partial charge in [0.1, 0.15) is 11.9 Å². The highest BCUT2D eigenvalue weighted by molar-refractivity contribution is 5.28. The molecule has 0 amide bonds. The number of furan rings is 1. The first-order valence-corrected chi connectivity index (χ1v) is 6.82. The van der Waals surface area contributed by atoms with Crippen molar-refractivity contribution < 1.29 is 9.15 Å². The smallest absolute Gasteiger partial charge is 0.120 e. The van der Waals surface area contributed by atoms with Crippen LogP contribution in [0.3, 0.4) is 0 Å². The van der Waals surface area contributed by atoms with E-state index in [0.29, 0.717) is 6.54 Å². The van der Waals surface area contributed by atoms with Crippen molar-refractivity contribution in [2.75, 3.05) is 13.6 Å². The third-order valence-corrected chi connectivity index (χ3v) is 3.05. The van der Waals surface area contributed by atoms with Crippen molar-refractivity contribution in [1.82, 2.24) is 4.90 Å². The van der Waals surface area contributed by atoms with E-state index in [0.717, 1.165) is 18.8 Å². The number of hydrogen-bond donors (Lipinski definition) is 1. The van der Waals surface area contributed by atoms with Crippen molar-refractivity contribution in [3.05, 3.63) is 54.0 Å². The molecule has 2 aromatic rings. The summed E-state index contributed by atoms with van der Waals surface area (Å²) in [7, 11) is 2.09. The Balaban J connectivity index is 1.93. The van der Waals surface area contributed by atoms with E-state index < -0.39 is 0 Å². The highest BCUT2D eigenvalue weighted by Crippen LogP contribution is 2.16. The summed E-state index contributed by atoms with van der Waals surface area (Å²) in [4.78, 5) is 2.23. The summed E-state index contributed by atoms with van der Waals surface area (Å²) in [5, 5.41) is 0. The van der Waals surface area contributed by atoms with E-state index in [9.17, 15) is 0 Å². The molecule has 4 nitrogen and oxygen atoms in total. The van der Waals surface area contributed by atoms with Crippen LogP contribution < -0.4 is 10.5 Å². The average Bonchev–Trinajstić information content (AvgIpc) is 2.91. The molecule has 0 aliphatic heterocycles. The maximum atomic E-state index is 5.73. The van der Waals surface area contributed by atoms with Crippen molar-refractivity contribution in [1.29, 1.82) is 0 Å². The Kier molecular flexibility index (Phi) is 5.21. The van der Waals surface area contributed by atoms with Crippen molar-refractivity contribution >= 4 is 0 Å². The minimum atomic E-state index is 0.0360. The highest BCUT2D eigenvalue weighted by Gasteiger charge is 2.05. The molecule has 1 heterocycles. The van der Waals surface area contributed by atoms with Gasteiger partial charge in [0, 0.05) is 25.2 Å². The van der Waals surface area contributed by atoms with E-state index >= 15 is 0 Å². The van der Waals surface area contributed by atoms with E-state index in [2.05, 4.69) is 24.1 Å². The Hall–Kier alpha value is -1.78. The molecule has 2 rings (SSSR count). The number of hydrogen-bond acceptors (Lipinski definition) is 4. The summed E-state index contributed by atoms with van der Waals surface area (Å²) < 4.78 is 10.8. The van der Waals surface area contributed by atoms with E-state index in [4.69, 9.17) is 14.9 Å². The van der Waals surface area contributed by atoms with Crippen LogP contribution in [0.25, 0.3) is 0 Å². The molecular formula is C16H22N2O2. The SMILES string of the molecule is C[C@@H](CN)Oc1cccc(CN(C)Cc2ccoc2)c1. The van der Waals surface area contributed by atoms with Crippen LogP contribution in [0.15, 0.2) is 47.3 Å². The summed E-state index contributed by atoms with van der Waals surface area (Å²) in [6, 6.07) is 10.1. The summed E-state index contributed by atoms with van der Waals surface area (Å²) in [6.45, 7) is 4.21. The fraction of sp³-hybridized carbons (Fsp3) is 0.375. The van der Waals surface area contributed by atoms with Crippen LogP contribution in [-0.2, 0) is 13.1 Å². The molecule has 0 radical (unpaired) electrons. The van der Waals surface area contributed by atoms with E-state index in [1.54, 1.807) is 12.5 Å². The lowest BCUT2D eigenvalue weighted by atomic mass is 10.2. The van der Waals surface area contributed by atoms with Gasteiger partial charge in [-0.25, -0.2) is 0 Å². The number of nitrogens with two attached hydrogens (primary N) is 1. The standard InChI is InChI=1S/C16H22N2O2/c1-13(9-17)20-16-5-3-4-14(8-16)10-18(2)11-15-6-7-19-12-15/h3-8,12-13H,9-11,17H2,1-2H3/t13-/m0/s1. The molecule has 1 aromatic carbocycles. The van der Waals surface area contributed by atoms with Gasteiger partial charge in [-0.3, -0.25) is 4.90 Å². The molecule has 0 aliphatic carbocycles. The molecule has 0 spiro atoms. The molecular weight excluding hydrogens is 252 g/mol. The predicted molar refractivity (Wildman–Crippen MR) is 79.5 cm³/mol. The molecule has 1 atom stereocenters. The monoisotopic (exact) mass is 274 g/mol. The zero-order valence-corrected chi connectivity index (χ0v) is 12.1. The van der Waals surface area contributed by atoms with Gasteiger partial charge in [-0.2, -0.15) is 0 Å². The van der Waals surface area contributed by atoms with Gasteiger partial charge in [0.2, 0.25) is 0 Å². The molecule has 0 bridgehead atoms. The third-order valence-electron chi connectivity index (χ3n) is 3.05. The Labute approximate surface area is 120 Å². The second-order valence-corrected chi connectivity index (χ2v) is 5.12. The van der Waals surface area contributed by atoms with Gasteiger partial charge in [0.25, 0.3) is 0 Å². The lowest BCUT2D eigenvalue weighted by Gasteiger charge is -2.17. The van der Waals surface area contributed by atoms with Gasteiger partial charge in [0.05, 0.1) is 12.5 Å². The summed E-state index contributed by atoms with van der Waals surface area (Å²) in [6.07, 6.45) is 3.51. The Morgan fingerprint density at radius 1 is 1.25 bits per heavy atom. The average molecular weight is 274 g/mol. The predicted octanol–water partition coefficient (Wildman–Crippen LogP) is 2.64. The maximum Gasteiger partial charge on any atom is 0.120 e. The zero-order valence-electron chi connectivity index (χ0n) is 12.1. The molecule has 0 aliphatic rings. The van der Waals surface area contributed by atoms with Gasteiger partial charge >= 0.3 is 0 Å². The highest BCUT2D eigenvalue weighted by atomic mass is 16.5. The molecule has 0 fully saturated rings. The summed E-state index contributed by atoms with van der Waals surface area (Å²) in [5.74, 6) is 0.872. The van der Waals surface area contributed by atoms with Gasteiger partial charge < -0.3 is 14.9 Å². The normalized spacial score (nSPS) is 12.6. The van der Waals surface area contributed by atoms with Crippen LogP contribution in [0.2, 0.25) is 0 Å². The van der Waals surface area contributed by atoms with E-state index in [1.165, 1.54) is 11.1 Å². The number of benzene rings is 1. The Morgan fingerprint density at radius 3 is 2.75 bits per heavy atom. The first kappa shape index (κ1) is 14.6. The maximum absolute atomic E-state index is 5.73. The molecule has 0 unspecified atom stereocenters. The van der Waals surface area contributed by atoms with Crippen molar-refractivity contribution in [2.45, 2.75) is 26.1 Å². The summed E-state index contributed by atoms with van der Waals surface area (Å²) >= 11 is 0. The number of ether oxygens (including phenoxy) is 1. The molecule has 2 N–H and O–H groups in total. The van der Waals surface area contributed by atoms with Crippen LogP contribution in [0.1, 0.15) is 18.1 Å². The van der Waals surface area contributed by atoms with Crippen molar-refractivity contribution in [2.24, 2.45) is 5.73 Å². The quantitative estimate of drug-likeness (QED) is 0.843. The fourth-order valence-electron chi connectivity index (χ4n) is 2.06.